The van der Waals surface area contributed by atoms with Gasteiger partial charge in [0.2, 0.25) is 0 Å². The highest BCUT2D eigenvalue weighted by Crippen LogP contribution is 2.49. The quantitative estimate of drug-likeness (QED) is 0.483. The van der Waals surface area contributed by atoms with Gasteiger partial charge in [-0.3, -0.25) is 0 Å². The first-order valence-corrected chi connectivity index (χ1v) is 8.45. The fourth-order valence-electron chi connectivity index (χ4n) is 4.89. The molecule has 106 valence electrons. The van der Waals surface area contributed by atoms with E-state index in [1.165, 1.54) is 50.4 Å². The van der Waals surface area contributed by atoms with Gasteiger partial charge in [0.15, 0.2) is 6.71 Å². The number of hydrogen-bond donors (Lipinski definition) is 0. The summed E-state index contributed by atoms with van der Waals surface area (Å²) in [7, 11) is 0. The summed E-state index contributed by atoms with van der Waals surface area (Å²) in [6, 6.07) is 11.3. The Hall–Kier alpha value is -0.975. The lowest BCUT2D eigenvalue weighted by molar-refractivity contribution is 0.391. The lowest BCUT2D eigenvalue weighted by atomic mass is 9.29. The minimum Gasteiger partial charge on any atom is -0.101 e. The Morgan fingerprint density at radius 3 is 2.35 bits per heavy atom. The highest BCUT2D eigenvalue weighted by molar-refractivity contribution is 6.63. The summed E-state index contributed by atoms with van der Waals surface area (Å²) >= 11 is 0. The summed E-state index contributed by atoms with van der Waals surface area (Å²) in [4.78, 5) is 0. The molecule has 2 fully saturated rings. The van der Waals surface area contributed by atoms with Crippen molar-refractivity contribution in [1.29, 1.82) is 0 Å². The van der Waals surface area contributed by atoms with Gasteiger partial charge in [0.1, 0.15) is 0 Å². The van der Waals surface area contributed by atoms with E-state index in [9.17, 15) is 0 Å². The van der Waals surface area contributed by atoms with Crippen LogP contribution in [0.5, 0.6) is 0 Å². The predicted molar refractivity (Wildman–Crippen MR) is 89.5 cm³/mol. The van der Waals surface area contributed by atoms with Crippen LogP contribution in [0.15, 0.2) is 42.5 Å². The average Bonchev–Trinajstić information content (AvgIpc) is 2.67. The van der Waals surface area contributed by atoms with E-state index in [1.807, 2.05) is 0 Å². The van der Waals surface area contributed by atoms with Crippen molar-refractivity contribution in [3.63, 3.8) is 0 Å². The molecule has 20 heavy (non-hydrogen) atoms. The van der Waals surface area contributed by atoms with Crippen LogP contribution in [-0.2, 0) is 0 Å². The Kier molecular flexibility index (Phi) is 4.34. The third kappa shape index (κ3) is 2.87. The van der Waals surface area contributed by atoms with E-state index >= 15 is 0 Å². The van der Waals surface area contributed by atoms with Crippen LogP contribution in [0.2, 0.25) is 12.1 Å². The molecule has 0 spiro atoms. The van der Waals surface area contributed by atoms with Crippen molar-refractivity contribution in [2.45, 2.75) is 63.4 Å². The first-order chi connectivity index (χ1) is 9.75. The normalized spacial score (nSPS) is 29.9. The summed E-state index contributed by atoms with van der Waals surface area (Å²) in [5.74, 6) is 2.63. The lowest BCUT2D eigenvalue weighted by Gasteiger charge is -2.31. The average molecular weight is 266 g/mol. The van der Waals surface area contributed by atoms with E-state index in [-0.39, 0.29) is 0 Å². The molecule has 0 unspecified atom stereocenters. The second-order valence-electron chi connectivity index (χ2n) is 7.14. The maximum atomic E-state index is 4.22. The Bertz CT molecular complexity index is 440. The van der Waals surface area contributed by atoms with Crippen LogP contribution in [0.1, 0.15) is 56.8 Å². The molecule has 3 rings (SSSR count). The monoisotopic (exact) mass is 266 g/mol. The van der Waals surface area contributed by atoms with Gasteiger partial charge >= 0.3 is 0 Å². The van der Waals surface area contributed by atoms with Gasteiger partial charge in [-0.25, -0.2) is 0 Å². The second-order valence-corrected chi connectivity index (χ2v) is 7.14. The highest BCUT2D eigenvalue weighted by atomic mass is 14.3. The Morgan fingerprint density at radius 1 is 1.10 bits per heavy atom. The molecule has 0 N–H and O–H groups in total. The fourth-order valence-corrected chi connectivity index (χ4v) is 4.89. The zero-order chi connectivity index (χ0) is 13.9. The number of fused-ring (bicyclic) bond motifs is 3. The van der Waals surface area contributed by atoms with Crippen molar-refractivity contribution >= 4 is 6.71 Å². The van der Waals surface area contributed by atoms with E-state index < -0.39 is 0 Å². The molecule has 2 saturated heterocycles. The molecule has 1 atom stereocenters. The Balaban J connectivity index is 1.98. The van der Waals surface area contributed by atoms with Gasteiger partial charge in [0.25, 0.3) is 0 Å². The molecule has 0 aromatic heterocycles. The maximum absolute atomic E-state index is 4.22. The van der Waals surface area contributed by atoms with Crippen LogP contribution in [0.3, 0.4) is 0 Å². The van der Waals surface area contributed by atoms with Crippen LogP contribution < -0.4 is 0 Å². The Morgan fingerprint density at radius 2 is 1.75 bits per heavy atom. The molecule has 1 heteroatoms. The third-order valence-electron chi connectivity index (χ3n) is 5.64. The molecule has 2 aliphatic heterocycles. The molecule has 2 heterocycles. The minimum absolute atomic E-state index is 0.780. The molecule has 0 aliphatic carbocycles. The summed E-state index contributed by atoms with van der Waals surface area (Å²) in [5.41, 5.74) is 2.97. The molecule has 2 aliphatic rings. The van der Waals surface area contributed by atoms with E-state index in [1.54, 1.807) is 5.56 Å². The lowest BCUT2D eigenvalue weighted by Crippen LogP contribution is -2.30. The van der Waals surface area contributed by atoms with Crippen molar-refractivity contribution in [2.75, 3.05) is 0 Å². The first-order valence-electron chi connectivity index (χ1n) is 8.45. The summed E-state index contributed by atoms with van der Waals surface area (Å²) in [6.07, 6.45) is 9.94. The molecule has 0 saturated carbocycles. The number of rotatable bonds is 3. The predicted octanol–water partition coefficient (Wildman–Crippen LogP) is 5.73. The van der Waals surface area contributed by atoms with Crippen molar-refractivity contribution in [2.24, 2.45) is 5.92 Å². The molecular formula is C19H27B. The number of allylic oxidation sites excluding steroid dienone is 1. The smallest absolute Gasteiger partial charge is 0.101 e. The molecule has 0 nitrogen and oxygen atoms in total. The standard InChI is InChI=1S/C19H27B/c1-15(2)14-20-18-12-6-10-17(11-7-13-18)19(20)16-8-4-3-5-9-16/h3-5,8-9,17-19H,1,6-7,10-14H2,2H3/t17?,18?,19-/m0/s1. The zero-order valence-corrected chi connectivity index (χ0v) is 12.9. The highest BCUT2D eigenvalue weighted by Gasteiger charge is 2.41. The van der Waals surface area contributed by atoms with Crippen LogP contribution in [-0.4, -0.2) is 6.71 Å². The number of hydrogen-bond acceptors (Lipinski definition) is 0. The van der Waals surface area contributed by atoms with Crippen molar-refractivity contribution in [1.82, 2.24) is 0 Å². The molecule has 1 aromatic rings. The van der Waals surface area contributed by atoms with Gasteiger partial charge in [0, 0.05) is 0 Å². The summed E-state index contributed by atoms with van der Waals surface area (Å²) in [5, 5.41) is 0. The van der Waals surface area contributed by atoms with Gasteiger partial charge in [-0.2, -0.15) is 0 Å². The van der Waals surface area contributed by atoms with Crippen LogP contribution in [0.4, 0.5) is 0 Å². The molecule has 0 radical (unpaired) electrons. The summed E-state index contributed by atoms with van der Waals surface area (Å²) < 4.78 is 0. The maximum Gasteiger partial charge on any atom is 0.155 e. The van der Waals surface area contributed by atoms with Gasteiger partial charge in [-0.1, -0.05) is 92.1 Å². The van der Waals surface area contributed by atoms with Crippen molar-refractivity contribution in [3.8, 4) is 0 Å². The van der Waals surface area contributed by atoms with Crippen molar-refractivity contribution in [3.05, 3.63) is 48.0 Å². The Labute approximate surface area is 124 Å². The molecular weight excluding hydrogens is 239 g/mol. The third-order valence-corrected chi connectivity index (χ3v) is 5.64. The zero-order valence-electron chi connectivity index (χ0n) is 12.9. The summed E-state index contributed by atoms with van der Waals surface area (Å²) in [6.45, 7) is 7.28. The van der Waals surface area contributed by atoms with Crippen LogP contribution >= 0.6 is 0 Å². The topological polar surface area (TPSA) is 0 Å². The first kappa shape index (κ1) is 14.0. The largest absolute Gasteiger partial charge is 0.155 e. The molecule has 0 amide bonds. The van der Waals surface area contributed by atoms with E-state index in [0.717, 1.165) is 24.3 Å². The second kappa shape index (κ2) is 6.20. The minimum atomic E-state index is 0.780. The van der Waals surface area contributed by atoms with Gasteiger partial charge < -0.3 is 0 Å². The van der Waals surface area contributed by atoms with Gasteiger partial charge in [0.05, 0.1) is 0 Å². The van der Waals surface area contributed by atoms with Crippen LogP contribution in [0, 0.1) is 5.92 Å². The molecule has 2 bridgehead atoms. The SMILES string of the molecule is C=C(C)CB1C2CCCC(CCC2)[C@@H]1c1ccccc1. The van der Waals surface area contributed by atoms with Crippen molar-refractivity contribution < 1.29 is 0 Å². The molecule has 1 aromatic carbocycles. The van der Waals surface area contributed by atoms with E-state index in [0.29, 0.717) is 0 Å². The van der Waals surface area contributed by atoms with Gasteiger partial charge in [-0.15, -0.1) is 6.58 Å². The van der Waals surface area contributed by atoms with Gasteiger partial charge in [-0.05, 0) is 18.7 Å². The van der Waals surface area contributed by atoms with E-state index in [4.69, 9.17) is 0 Å². The van der Waals surface area contributed by atoms with Crippen LogP contribution in [0.25, 0.3) is 0 Å². The fraction of sp³-hybridized carbons (Fsp3) is 0.579. The number of benzene rings is 1. The van der Waals surface area contributed by atoms with E-state index in [2.05, 4.69) is 43.8 Å².